The Morgan fingerprint density at radius 1 is 1.29 bits per heavy atom. The lowest BCUT2D eigenvalue weighted by Crippen LogP contribution is -2.15. The fourth-order valence-electron chi connectivity index (χ4n) is 1.95. The van der Waals surface area contributed by atoms with Crippen LogP contribution in [0, 0.1) is 6.92 Å². The van der Waals surface area contributed by atoms with Gasteiger partial charge in [-0.15, -0.1) is 0 Å². The molecule has 110 valence electrons. The number of halogens is 1. The third kappa shape index (κ3) is 3.89. The first-order valence-corrected chi connectivity index (χ1v) is 6.86. The Morgan fingerprint density at radius 3 is 2.57 bits per heavy atom. The van der Waals surface area contributed by atoms with Crippen LogP contribution in [0.1, 0.15) is 11.1 Å². The number of anilines is 2. The summed E-state index contributed by atoms with van der Waals surface area (Å²) < 4.78 is 5.23. The summed E-state index contributed by atoms with van der Waals surface area (Å²) >= 11 is 6.04. The second-order valence-corrected chi connectivity index (χ2v) is 5.18. The van der Waals surface area contributed by atoms with Crippen molar-refractivity contribution < 1.29 is 9.53 Å². The highest BCUT2D eigenvalue weighted by Gasteiger charge is 2.10. The van der Waals surface area contributed by atoms with Crippen molar-refractivity contribution >= 4 is 28.9 Å². The SMILES string of the molecule is COc1cc(Cl)c(C)cc1NC(=O)Cc1ccc(N)cc1. The predicted molar refractivity (Wildman–Crippen MR) is 85.9 cm³/mol. The van der Waals surface area contributed by atoms with E-state index in [2.05, 4.69) is 5.32 Å². The van der Waals surface area contributed by atoms with Gasteiger partial charge in [-0.2, -0.15) is 0 Å². The number of nitrogens with two attached hydrogens (primary N) is 1. The maximum absolute atomic E-state index is 12.1. The number of amides is 1. The van der Waals surface area contributed by atoms with Gasteiger partial charge in [-0.25, -0.2) is 0 Å². The van der Waals surface area contributed by atoms with Gasteiger partial charge in [0.05, 0.1) is 19.2 Å². The fourth-order valence-corrected chi connectivity index (χ4v) is 2.10. The average molecular weight is 305 g/mol. The first-order valence-electron chi connectivity index (χ1n) is 6.48. The van der Waals surface area contributed by atoms with E-state index in [0.29, 0.717) is 22.1 Å². The number of ether oxygens (including phenoxy) is 1. The van der Waals surface area contributed by atoms with Gasteiger partial charge < -0.3 is 15.8 Å². The zero-order valence-corrected chi connectivity index (χ0v) is 12.7. The second kappa shape index (κ2) is 6.50. The lowest BCUT2D eigenvalue weighted by atomic mass is 10.1. The Kier molecular flexibility index (Phi) is 4.70. The molecule has 0 saturated heterocycles. The summed E-state index contributed by atoms with van der Waals surface area (Å²) in [6, 6.07) is 10.7. The minimum Gasteiger partial charge on any atom is -0.495 e. The van der Waals surface area contributed by atoms with E-state index in [1.807, 2.05) is 19.1 Å². The Morgan fingerprint density at radius 2 is 1.95 bits per heavy atom. The van der Waals surface area contributed by atoms with Crippen LogP contribution in [-0.2, 0) is 11.2 Å². The van der Waals surface area contributed by atoms with Gasteiger partial charge in [-0.1, -0.05) is 23.7 Å². The van der Waals surface area contributed by atoms with Crippen molar-refractivity contribution in [1.29, 1.82) is 0 Å². The zero-order valence-electron chi connectivity index (χ0n) is 11.9. The van der Waals surface area contributed by atoms with Crippen molar-refractivity contribution in [2.45, 2.75) is 13.3 Å². The molecule has 2 aromatic rings. The molecule has 0 unspecified atom stereocenters. The summed E-state index contributed by atoms with van der Waals surface area (Å²) in [5, 5.41) is 3.44. The number of aryl methyl sites for hydroxylation is 1. The quantitative estimate of drug-likeness (QED) is 0.851. The molecule has 0 heterocycles. The fraction of sp³-hybridized carbons (Fsp3) is 0.188. The number of hydrogen-bond acceptors (Lipinski definition) is 3. The van der Waals surface area contributed by atoms with Gasteiger partial charge in [-0.3, -0.25) is 4.79 Å². The molecule has 2 aromatic carbocycles. The van der Waals surface area contributed by atoms with E-state index in [4.69, 9.17) is 22.1 Å². The maximum Gasteiger partial charge on any atom is 0.228 e. The normalized spacial score (nSPS) is 10.2. The first-order chi connectivity index (χ1) is 9.99. The third-order valence-electron chi connectivity index (χ3n) is 3.10. The summed E-state index contributed by atoms with van der Waals surface area (Å²) in [4.78, 5) is 12.1. The van der Waals surface area contributed by atoms with Gasteiger partial charge in [0.2, 0.25) is 5.91 Å². The van der Waals surface area contributed by atoms with Gasteiger partial charge >= 0.3 is 0 Å². The van der Waals surface area contributed by atoms with Crippen LogP contribution < -0.4 is 15.8 Å². The van der Waals surface area contributed by atoms with Crippen LogP contribution in [0.3, 0.4) is 0 Å². The lowest BCUT2D eigenvalue weighted by Gasteiger charge is -2.12. The zero-order chi connectivity index (χ0) is 15.4. The molecular weight excluding hydrogens is 288 g/mol. The molecule has 0 aliphatic rings. The monoisotopic (exact) mass is 304 g/mol. The Hall–Kier alpha value is -2.20. The summed E-state index contributed by atoms with van der Waals surface area (Å²) in [7, 11) is 1.54. The lowest BCUT2D eigenvalue weighted by molar-refractivity contribution is -0.115. The number of nitrogen functional groups attached to an aromatic ring is 1. The number of methoxy groups -OCH3 is 1. The highest BCUT2D eigenvalue weighted by molar-refractivity contribution is 6.31. The molecule has 1 amide bonds. The molecule has 0 aliphatic heterocycles. The van der Waals surface area contributed by atoms with Crippen molar-refractivity contribution in [3.63, 3.8) is 0 Å². The summed E-state index contributed by atoms with van der Waals surface area (Å²) in [5.74, 6) is 0.413. The molecule has 4 nitrogen and oxygen atoms in total. The van der Waals surface area contributed by atoms with Crippen LogP contribution in [0.2, 0.25) is 5.02 Å². The van der Waals surface area contributed by atoms with Gasteiger partial charge in [0.1, 0.15) is 5.75 Å². The van der Waals surface area contributed by atoms with E-state index in [1.54, 1.807) is 24.3 Å². The van der Waals surface area contributed by atoms with E-state index < -0.39 is 0 Å². The molecule has 0 fully saturated rings. The summed E-state index contributed by atoms with van der Waals surface area (Å²) in [6.45, 7) is 1.87. The van der Waals surface area contributed by atoms with Gasteiger partial charge in [0, 0.05) is 16.8 Å². The molecule has 0 aromatic heterocycles. The van der Waals surface area contributed by atoms with Crippen LogP contribution in [0.15, 0.2) is 36.4 Å². The van der Waals surface area contributed by atoms with Gasteiger partial charge in [0.15, 0.2) is 0 Å². The third-order valence-corrected chi connectivity index (χ3v) is 3.51. The van der Waals surface area contributed by atoms with Crippen molar-refractivity contribution in [1.82, 2.24) is 0 Å². The van der Waals surface area contributed by atoms with E-state index in [9.17, 15) is 4.79 Å². The molecular formula is C16H17ClN2O2. The van der Waals surface area contributed by atoms with E-state index in [1.165, 1.54) is 7.11 Å². The topological polar surface area (TPSA) is 64.3 Å². The van der Waals surface area contributed by atoms with Crippen molar-refractivity contribution in [3.8, 4) is 5.75 Å². The molecule has 0 radical (unpaired) electrons. The van der Waals surface area contributed by atoms with Crippen molar-refractivity contribution in [3.05, 3.63) is 52.5 Å². The molecule has 2 rings (SSSR count). The molecule has 3 N–H and O–H groups in total. The van der Waals surface area contributed by atoms with E-state index >= 15 is 0 Å². The number of hydrogen-bond donors (Lipinski definition) is 2. The molecule has 21 heavy (non-hydrogen) atoms. The molecule has 0 spiro atoms. The standard InChI is InChI=1S/C16H17ClN2O2/c1-10-7-14(15(21-2)9-13(10)17)19-16(20)8-11-3-5-12(18)6-4-11/h3-7,9H,8,18H2,1-2H3,(H,19,20). The number of carbonyl (C=O) groups excluding carboxylic acids is 1. The smallest absolute Gasteiger partial charge is 0.228 e. The van der Waals surface area contributed by atoms with Crippen molar-refractivity contribution in [2.75, 3.05) is 18.2 Å². The Labute approximate surface area is 128 Å². The molecule has 0 saturated carbocycles. The van der Waals surface area contributed by atoms with Crippen LogP contribution in [-0.4, -0.2) is 13.0 Å². The Bertz CT molecular complexity index is 654. The number of carbonyl (C=O) groups is 1. The van der Waals surface area contributed by atoms with E-state index in [-0.39, 0.29) is 12.3 Å². The molecule has 0 bridgehead atoms. The van der Waals surface area contributed by atoms with Crippen LogP contribution >= 0.6 is 11.6 Å². The second-order valence-electron chi connectivity index (χ2n) is 4.77. The number of benzene rings is 2. The minimum atomic E-state index is -0.125. The summed E-state index contributed by atoms with van der Waals surface area (Å²) in [5.41, 5.74) is 8.68. The largest absolute Gasteiger partial charge is 0.495 e. The average Bonchev–Trinajstić information content (AvgIpc) is 2.45. The van der Waals surface area contributed by atoms with Crippen LogP contribution in [0.5, 0.6) is 5.75 Å². The Balaban J connectivity index is 2.12. The molecule has 0 atom stereocenters. The highest BCUT2D eigenvalue weighted by atomic mass is 35.5. The molecule has 5 heteroatoms. The molecule has 0 aliphatic carbocycles. The predicted octanol–water partition coefficient (Wildman–Crippen LogP) is 3.42. The van der Waals surface area contributed by atoms with Crippen molar-refractivity contribution in [2.24, 2.45) is 0 Å². The van der Waals surface area contributed by atoms with Crippen LogP contribution in [0.4, 0.5) is 11.4 Å². The number of nitrogens with one attached hydrogen (secondary N) is 1. The summed E-state index contributed by atoms with van der Waals surface area (Å²) in [6.07, 6.45) is 0.269. The minimum absolute atomic E-state index is 0.125. The number of rotatable bonds is 4. The first kappa shape index (κ1) is 15.2. The van der Waals surface area contributed by atoms with Gasteiger partial charge in [0.25, 0.3) is 0 Å². The van der Waals surface area contributed by atoms with Crippen LogP contribution in [0.25, 0.3) is 0 Å². The van der Waals surface area contributed by atoms with E-state index in [0.717, 1.165) is 11.1 Å². The maximum atomic E-state index is 12.1. The highest BCUT2D eigenvalue weighted by Crippen LogP contribution is 2.31. The van der Waals surface area contributed by atoms with Gasteiger partial charge in [-0.05, 0) is 36.2 Å².